The molecule has 2 aromatic heterocycles. The van der Waals surface area contributed by atoms with Crippen LogP contribution in [-0.4, -0.2) is 39.0 Å². The SMILES string of the molecule is COCc1cc2nn(CC(=O)Nc3ccc4c(c3)OCO4)c(=O)n2c(-c2ccccc2)n1. The first-order valence-corrected chi connectivity index (χ1v) is 9.86. The second-order valence-corrected chi connectivity index (χ2v) is 7.12. The van der Waals surface area contributed by atoms with Crippen molar-refractivity contribution in [1.29, 1.82) is 0 Å². The van der Waals surface area contributed by atoms with Gasteiger partial charge in [-0.3, -0.25) is 4.79 Å². The number of carbonyl (C=O) groups excluding carboxylic acids is 1. The number of rotatable bonds is 6. The number of methoxy groups -OCH3 is 1. The number of fused-ring (bicyclic) bond motifs is 2. The number of anilines is 1. The summed E-state index contributed by atoms with van der Waals surface area (Å²) in [5, 5.41) is 7.10. The van der Waals surface area contributed by atoms with Crippen molar-refractivity contribution in [2.75, 3.05) is 19.2 Å². The molecule has 0 bridgehead atoms. The molecule has 0 saturated heterocycles. The molecule has 4 aromatic rings. The Morgan fingerprint density at radius 2 is 1.94 bits per heavy atom. The molecule has 1 N–H and O–H groups in total. The first-order valence-electron chi connectivity index (χ1n) is 9.86. The molecular formula is C22H19N5O5. The number of amides is 1. The van der Waals surface area contributed by atoms with Crippen LogP contribution in [0.15, 0.2) is 59.4 Å². The molecule has 10 nitrogen and oxygen atoms in total. The third-order valence-electron chi connectivity index (χ3n) is 4.90. The van der Waals surface area contributed by atoms with Gasteiger partial charge in [-0.05, 0) is 12.1 Å². The zero-order valence-corrected chi connectivity index (χ0v) is 17.1. The van der Waals surface area contributed by atoms with Crippen LogP contribution in [0.1, 0.15) is 5.69 Å². The summed E-state index contributed by atoms with van der Waals surface area (Å²) in [5.74, 6) is 1.20. The number of aromatic nitrogens is 4. The van der Waals surface area contributed by atoms with E-state index in [9.17, 15) is 9.59 Å². The van der Waals surface area contributed by atoms with Crippen LogP contribution in [0.2, 0.25) is 0 Å². The van der Waals surface area contributed by atoms with Crippen LogP contribution in [0.4, 0.5) is 5.69 Å². The van der Waals surface area contributed by atoms with Gasteiger partial charge in [0.05, 0.1) is 12.3 Å². The summed E-state index contributed by atoms with van der Waals surface area (Å²) in [6, 6.07) is 16.1. The number of benzene rings is 2. The second kappa shape index (κ2) is 8.16. The van der Waals surface area contributed by atoms with Crippen molar-refractivity contribution in [3.63, 3.8) is 0 Å². The van der Waals surface area contributed by atoms with Gasteiger partial charge in [0.1, 0.15) is 12.4 Å². The summed E-state index contributed by atoms with van der Waals surface area (Å²) in [4.78, 5) is 30.3. The van der Waals surface area contributed by atoms with E-state index in [1.54, 1.807) is 31.4 Å². The number of carbonyl (C=O) groups is 1. The van der Waals surface area contributed by atoms with Crippen molar-refractivity contribution >= 4 is 17.2 Å². The van der Waals surface area contributed by atoms with Gasteiger partial charge in [-0.1, -0.05) is 30.3 Å². The minimum absolute atomic E-state index is 0.145. The molecule has 162 valence electrons. The van der Waals surface area contributed by atoms with E-state index in [1.807, 2.05) is 30.3 Å². The lowest BCUT2D eigenvalue weighted by Gasteiger charge is -2.06. The van der Waals surface area contributed by atoms with Crippen molar-refractivity contribution < 1.29 is 19.0 Å². The Kier molecular flexibility index (Phi) is 5.04. The summed E-state index contributed by atoms with van der Waals surface area (Å²) in [5.41, 5.74) is 1.83. The number of nitrogens with one attached hydrogen (secondary N) is 1. The summed E-state index contributed by atoms with van der Waals surface area (Å²) >= 11 is 0. The molecule has 0 saturated carbocycles. The number of ether oxygens (including phenoxy) is 3. The summed E-state index contributed by atoms with van der Waals surface area (Å²) in [6.07, 6.45) is 0. The molecule has 1 aliphatic heterocycles. The van der Waals surface area contributed by atoms with Crippen molar-refractivity contribution in [3.8, 4) is 22.9 Å². The van der Waals surface area contributed by atoms with Gasteiger partial charge >= 0.3 is 5.69 Å². The number of hydrogen-bond acceptors (Lipinski definition) is 7. The van der Waals surface area contributed by atoms with E-state index >= 15 is 0 Å². The lowest BCUT2D eigenvalue weighted by Crippen LogP contribution is -2.28. The smallest absolute Gasteiger partial charge is 0.352 e. The van der Waals surface area contributed by atoms with Gasteiger partial charge in [-0.15, -0.1) is 5.10 Å². The summed E-state index contributed by atoms with van der Waals surface area (Å²) in [6.45, 7) is 0.150. The highest BCUT2D eigenvalue weighted by molar-refractivity contribution is 5.91. The largest absolute Gasteiger partial charge is 0.454 e. The number of nitrogens with zero attached hydrogens (tertiary/aromatic N) is 4. The zero-order valence-electron chi connectivity index (χ0n) is 17.1. The first-order chi connectivity index (χ1) is 15.6. The van der Waals surface area contributed by atoms with Gasteiger partial charge in [-0.25, -0.2) is 18.9 Å². The highest BCUT2D eigenvalue weighted by atomic mass is 16.7. The second-order valence-electron chi connectivity index (χ2n) is 7.12. The van der Waals surface area contributed by atoms with Crippen LogP contribution in [0.25, 0.3) is 17.0 Å². The lowest BCUT2D eigenvalue weighted by atomic mass is 10.2. The predicted octanol–water partition coefficient (Wildman–Crippen LogP) is 2.07. The fraction of sp³-hybridized carbons (Fsp3) is 0.182. The molecule has 0 atom stereocenters. The van der Waals surface area contributed by atoms with Crippen LogP contribution < -0.4 is 20.5 Å². The standard InChI is InChI=1S/C22H19N5O5/c1-30-12-16-10-19-25-26(22(29)27(19)21(24-16)14-5-3-2-4-6-14)11-20(28)23-15-7-8-17-18(9-15)32-13-31-17/h2-10H,11-13H2,1H3,(H,23,28). The molecule has 0 radical (unpaired) electrons. The fourth-order valence-corrected chi connectivity index (χ4v) is 3.50. The highest BCUT2D eigenvalue weighted by Gasteiger charge is 2.18. The molecule has 10 heteroatoms. The monoisotopic (exact) mass is 433 g/mol. The van der Waals surface area contributed by atoms with Crippen molar-refractivity contribution in [2.45, 2.75) is 13.2 Å². The van der Waals surface area contributed by atoms with Gasteiger partial charge in [0.25, 0.3) is 0 Å². The minimum Gasteiger partial charge on any atom is -0.454 e. The van der Waals surface area contributed by atoms with Crippen LogP contribution in [-0.2, 0) is 22.7 Å². The van der Waals surface area contributed by atoms with Crippen LogP contribution in [0, 0.1) is 0 Å². The summed E-state index contributed by atoms with van der Waals surface area (Å²) < 4.78 is 18.3. The van der Waals surface area contributed by atoms with Crippen molar-refractivity contribution in [2.24, 2.45) is 0 Å². The molecule has 3 heterocycles. The Morgan fingerprint density at radius 1 is 1.12 bits per heavy atom. The molecule has 1 amide bonds. The Labute approximate surface area is 182 Å². The molecule has 0 spiro atoms. The maximum absolute atomic E-state index is 13.1. The average molecular weight is 433 g/mol. The topological polar surface area (TPSA) is 109 Å². The maximum Gasteiger partial charge on any atom is 0.352 e. The highest BCUT2D eigenvalue weighted by Crippen LogP contribution is 2.34. The Hall–Kier alpha value is -4.18. The normalized spacial score (nSPS) is 12.3. The van der Waals surface area contributed by atoms with Crippen molar-refractivity contribution in [3.05, 3.63) is 70.8 Å². The molecular weight excluding hydrogens is 414 g/mol. The molecule has 5 rings (SSSR count). The van der Waals surface area contributed by atoms with Gasteiger partial charge in [0, 0.05) is 30.5 Å². The van der Waals surface area contributed by atoms with E-state index < -0.39 is 11.6 Å². The lowest BCUT2D eigenvalue weighted by molar-refractivity contribution is -0.117. The Balaban J connectivity index is 1.47. The number of hydrogen-bond donors (Lipinski definition) is 1. The maximum atomic E-state index is 13.1. The van der Waals surface area contributed by atoms with Gasteiger partial charge in [-0.2, -0.15) is 0 Å². The Morgan fingerprint density at radius 3 is 2.75 bits per heavy atom. The van der Waals surface area contributed by atoms with E-state index in [2.05, 4.69) is 15.4 Å². The minimum atomic E-state index is -0.462. The molecule has 1 aliphatic rings. The van der Waals surface area contributed by atoms with E-state index in [0.717, 1.165) is 10.2 Å². The predicted molar refractivity (Wildman–Crippen MR) is 115 cm³/mol. The van der Waals surface area contributed by atoms with E-state index in [1.165, 1.54) is 4.40 Å². The summed E-state index contributed by atoms with van der Waals surface area (Å²) in [7, 11) is 1.57. The molecule has 0 aliphatic carbocycles. The van der Waals surface area contributed by atoms with Gasteiger partial charge in [0.15, 0.2) is 17.1 Å². The molecule has 0 fully saturated rings. The van der Waals surface area contributed by atoms with E-state index in [0.29, 0.717) is 34.4 Å². The average Bonchev–Trinajstić information content (AvgIpc) is 3.38. The molecule has 0 unspecified atom stereocenters. The molecule has 32 heavy (non-hydrogen) atoms. The molecule has 2 aromatic carbocycles. The quantitative estimate of drug-likeness (QED) is 0.496. The third kappa shape index (κ3) is 3.67. The zero-order chi connectivity index (χ0) is 22.1. The van der Waals surface area contributed by atoms with E-state index in [4.69, 9.17) is 14.2 Å². The van der Waals surface area contributed by atoms with Gasteiger partial charge < -0.3 is 19.5 Å². The Bertz CT molecular complexity index is 1360. The van der Waals surface area contributed by atoms with Crippen LogP contribution >= 0.6 is 0 Å². The van der Waals surface area contributed by atoms with Crippen molar-refractivity contribution in [1.82, 2.24) is 19.2 Å². The third-order valence-corrected chi connectivity index (χ3v) is 4.90. The van der Waals surface area contributed by atoms with E-state index in [-0.39, 0.29) is 19.9 Å². The van der Waals surface area contributed by atoms with Crippen LogP contribution in [0.5, 0.6) is 11.5 Å². The first kappa shape index (κ1) is 19.8. The fourth-order valence-electron chi connectivity index (χ4n) is 3.50. The van der Waals surface area contributed by atoms with Crippen LogP contribution in [0.3, 0.4) is 0 Å². The van der Waals surface area contributed by atoms with Gasteiger partial charge in [0.2, 0.25) is 12.7 Å².